The Morgan fingerprint density at radius 3 is 2.56 bits per heavy atom. The van der Waals surface area contributed by atoms with E-state index in [2.05, 4.69) is 25.4 Å². The van der Waals surface area contributed by atoms with Gasteiger partial charge in [-0.15, -0.1) is 0 Å². The highest BCUT2D eigenvalue weighted by Crippen LogP contribution is 2.36. The number of anilines is 1. The lowest BCUT2D eigenvalue weighted by Crippen LogP contribution is -2.19. The fraction of sp³-hybridized carbons (Fsp3) is 0.136. The van der Waals surface area contributed by atoms with Gasteiger partial charge in [-0.1, -0.05) is 0 Å². The number of carbonyl (C=O) groups excluding carboxylic acids is 2. The molecule has 0 radical (unpaired) electrons. The summed E-state index contributed by atoms with van der Waals surface area (Å²) in [5.74, 6) is -2.74. The molecule has 3 heterocycles. The van der Waals surface area contributed by atoms with Crippen LogP contribution in [0.25, 0.3) is 10.9 Å². The van der Waals surface area contributed by atoms with E-state index in [0.717, 1.165) is 29.1 Å². The average Bonchev–Trinajstić information content (AvgIpc) is 3.13. The number of rotatable bonds is 5. The molecule has 3 N–H and O–H groups in total. The van der Waals surface area contributed by atoms with Gasteiger partial charge in [0.25, 0.3) is 11.8 Å². The molecular formula is C22H14F4N8O2. The number of nitrogens with zero attached hydrogens (tertiary/aromatic N) is 6. The van der Waals surface area contributed by atoms with Gasteiger partial charge >= 0.3 is 6.18 Å². The maximum Gasteiger partial charge on any atom is 0.437 e. The lowest BCUT2D eigenvalue weighted by Gasteiger charge is -2.11. The normalized spacial score (nSPS) is 11.3. The maximum atomic E-state index is 13.8. The summed E-state index contributed by atoms with van der Waals surface area (Å²) >= 11 is 0. The van der Waals surface area contributed by atoms with Crippen LogP contribution >= 0.6 is 0 Å². The molecule has 0 spiro atoms. The smallest absolute Gasteiger partial charge is 0.364 e. The molecule has 0 aliphatic heterocycles. The molecule has 4 aromatic rings. The van der Waals surface area contributed by atoms with Crippen LogP contribution in [0.15, 0.2) is 36.7 Å². The fourth-order valence-corrected chi connectivity index (χ4v) is 3.39. The van der Waals surface area contributed by atoms with Crippen molar-refractivity contribution >= 4 is 28.4 Å². The quantitative estimate of drug-likeness (QED) is 0.401. The minimum absolute atomic E-state index is 0.0275. The van der Waals surface area contributed by atoms with Crippen molar-refractivity contribution in [2.75, 3.05) is 5.32 Å². The Kier molecular flexibility index (Phi) is 6.07. The van der Waals surface area contributed by atoms with E-state index >= 15 is 0 Å². The van der Waals surface area contributed by atoms with Gasteiger partial charge in [0.15, 0.2) is 11.4 Å². The van der Waals surface area contributed by atoms with Gasteiger partial charge in [0.05, 0.1) is 47.1 Å². The Labute approximate surface area is 199 Å². The number of hydrogen-bond donors (Lipinski definition) is 2. The van der Waals surface area contributed by atoms with Crippen molar-refractivity contribution in [2.45, 2.75) is 19.6 Å². The monoisotopic (exact) mass is 498 g/mol. The summed E-state index contributed by atoms with van der Waals surface area (Å²) in [5, 5.41) is 14.7. The second-order valence-electron chi connectivity index (χ2n) is 7.50. The molecule has 0 saturated carbocycles. The minimum Gasteiger partial charge on any atom is -0.364 e. The molecule has 0 fully saturated rings. The SMILES string of the molecule is Cc1c(NC(=O)c2cc(C(N)=O)nc3cc(F)ccc23)c(C(F)(F)F)nn1Cc1cnc(C#N)cn1. The average molecular weight is 498 g/mol. The first kappa shape index (κ1) is 24.2. The van der Waals surface area contributed by atoms with E-state index < -0.39 is 35.2 Å². The Morgan fingerprint density at radius 1 is 1.19 bits per heavy atom. The molecule has 4 rings (SSSR count). The highest BCUT2D eigenvalue weighted by Gasteiger charge is 2.39. The lowest BCUT2D eigenvalue weighted by molar-refractivity contribution is -0.140. The minimum atomic E-state index is -4.93. The van der Waals surface area contributed by atoms with Crippen molar-refractivity contribution in [3.05, 3.63) is 76.5 Å². The van der Waals surface area contributed by atoms with E-state index in [0.29, 0.717) is 0 Å². The van der Waals surface area contributed by atoms with Crippen LogP contribution in [-0.4, -0.2) is 36.5 Å². The number of alkyl halides is 3. The highest BCUT2D eigenvalue weighted by atomic mass is 19.4. The van der Waals surface area contributed by atoms with E-state index in [1.165, 1.54) is 19.2 Å². The van der Waals surface area contributed by atoms with Gasteiger partial charge in [-0.3, -0.25) is 19.3 Å². The number of carbonyl (C=O) groups is 2. The summed E-state index contributed by atoms with van der Waals surface area (Å²) in [4.78, 5) is 36.5. The molecule has 14 heteroatoms. The summed E-state index contributed by atoms with van der Waals surface area (Å²) in [6.45, 7) is 1.08. The number of primary amides is 1. The van der Waals surface area contributed by atoms with Crippen LogP contribution in [0.2, 0.25) is 0 Å². The third-order valence-corrected chi connectivity index (χ3v) is 5.11. The Morgan fingerprint density at radius 2 is 1.94 bits per heavy atom. The summed E-state index contributed by atoms with van der Waals surface area (Å²) in [6, 6.07) is 6.00. The van der Waals surface area contributed by atoms with Crippen molar-refractivity contribution < 1.29 is 27.2 Å². The van der Waals surface area contributed by atoms with Gasteiger partial charge in [0.1, 0.15) is 17.6 Å². The molecule has 0 atom stereocenters. The van der Waals surface area contributed by atoms with Gasteiger partial charge < -0.3 is 11.1 Å². The number of fused-ring (bicyclic) bond motifs is 1. The van der Waals surface area contributed by atoms with Crippen LogP contribution in [-0.2, 0) is 12.7 Å². The lowest BCUT2D eigenvalue weighted by atomic mass is 10.1. The molecule has 36 heavy (non-hydrogen) atoms. The molecule has 0 bridgehead atoms. The van der Waals surface area contributed by atoms with E-state index in [4.69, 9.17) is 11.0 Å². The van der Waals surface area contributed by atoms with Crippen molar-refractivity contribution in [3.63, 3.8) is 0 Å². The topological polar surface area (TPSA) is 152 Å². The van der Waals surface area contributed by atoms with E-state index in [1.807, 2.05) is 0 Å². The Hall–Kier alpha value is -4.93. The molecule has 0 unspecified atom stereocenters. The Bertz CT molecular complexity index is 1560. The van der Waals surface area contributed by atoms with Gasteiger partial charge in [0.2, 0.25) is 0 Å². The molecule has 10 nitrogen and oxygen atoms in total. The van der Waals surface area contributed by atoms with Gasteiger partial charge in [-0.25, -0.2) is 14.4 Å². The van der Waals surface area contributed by atoms with Crippen LogP contribution in [0, 0.1) is 24.1 Å². The van der Waals surface area contributed by atoms with Crippen LogP contribution in [0.3, 0.4) is 0 Å². The van der Waals surface area contributed by atoms with Crippen molar-refractivity contribution in [1.82, 2.24) is 24.7 Å². The molecule has 2 amide bonds. The summed E-state index contributed by atoms with van der Waals surface area (Å²) < 4.78 is 56.1. The number of nitriles is 1. The number of nitrogens with two attached hydrogens (primary N) is 1. The highest BCUT2D eigenvalue weighted by molar-refractivity contribution is 6.14. The van der Waals surface area contributed by atoms with Crippen molar-refractivity contribution in [2.24, 2.45) is 5.73 Å². The van der Waals surface area contributed by atoms with Crippen LogP contribution in [0.5, 0.6) is 0 Å². The fourth-order valence-electron chi connectivity index (χ4n) is 3.39. The summed E-state index contributed by atoms with van der Waals surface area (Å²) in [5.41, 5.74) is 2.75. The van der Waals surface area contributed by atoms with Crippen LogP contribution < -0.4 is 11.1 Å². The molecule has 0 aliphatic rings. The number of amides is 2. The number of benzene rings is 1. The van der Waals surface area contributed by atoms with Crippen LogP contribution in [0.4, 0.5) is 23.2 Å². The largest absolute Gasteiger partial charge is 0.437 e. The second-order valence-corrected chi connectivity index (χ2v) is 7.50. The van der Waals surface area contributed by atoms with E-state index in [9.17, 15) is 27.2 Å². The van der Waals surface area contributed by atoms with Crippen LogP contribution in [0.1, 0.15) is 43.6 Å². The number of aromatic nitrogens is 5. The third-order valence-electron chi connectivity index (χ3n) is 5.11. The number of pyridine rings is 1. The third kappa shape index (κ3) is 4.67. The molecule has 1 aromatic carbocycles. The standard InChI is InChI=1S/C22H14F4N8O2/c1-10-18(19(22(24,25)26)33-34(10)9-13-8-29-12(6-27)7-30-13)32-21(36)15-5-17(20(28)35)31-16-4-11(23)2-3-14(15)16/h2-5,7-8H,9H2,1H3,(H2,28,35)(H,32,36). The second kappa shape index (κ2) is 9.02. The number of halogens is 4. The Balaban J connectivity index is 1.76. The molecular weight excluding hydrogens is 484 g/mol. The van der Waals surface area contributed by atoms with E-state index in [-0.39, 0.29) is 45.8 Å². The zero-order valence-corrected chi connectivity index (χ0v) is 18.3. The van der Waals surface area contributed by atoms with Crippen molar-refractivity contribution in [3.8, 4) is 6.07 Å². The predicted octanol–water partition coefficient (Wildman–Crippen LogP) is 2.96. The molecule has 182 valence electrons. The van der Waals surface area contributed by atoms with Gasteiger partial charge in [-0.2, -0.15) is 23.5 Å². The first-order valence-corrected chi connectivity index (χ1v) is 10.0. The first-order chi connectivity index (χ1) is 17.0. The van der Waals surface area contributed by atoms with Gasteiger partial charge in [-0.05, 0) is 25.1 Å². The summed E-state index contributed by atoms with van der Waals surface area (Å²) in [7, 11) is 0. The number of hydrogen-bond acceptors (Lipinski definition) is 7. The number of nitrogens with one attached hydrogen (secondary N) is 1. The maximum absolute atomic E-state index is 13.8. The van der Waals surface area contributed by atoms with Crippen molar-refractivity contribution in [1.29, 1.82) is 5.26 Å². The zero-order chi connectivity index (χ0) is 26.2. The zero-order valence-electron chi connectivity index (χ0n) is 18.3. The molecule has 3 aromatic heterocycles. The molecule has 0 aliphatic carbocycles. The van der Waals surface area contributed by atoms with Gasteiger partial charge in [0, 0.05) is 11.5 Å². The predicted molar refractivity (Wildman–Crippen MR) is 116 cm³/mol. The summed E-state index contributed by atoms with van der Waals surface area (Å²) in [6.07, 6.45) is -2.55. The molecule has 0 saturated heterocycles. The van der Waals surface area contributed by atoms with E-state index in [1.54, 1.807) is 6.07 Å². The first-order valence-electron chi connectivity index (χ1n) is 10.0.